The van der Waals surface area contributed by atoms with E-state index < -0.39 is 0 Å². The molecule has 4 rings (SSSR count). The third kappa shape index (κ3) is 5.44. The fourth-order valence-electron chi connectivity index (χ4n) is 3.37. The van der Waals surface area contributed by atoms with Crippen molar-refractivity contribution in [1.82, 2.24) is 10.6 Å². The molecule has 162 valence electrons. The van der Waals surface area contributed by atoms with Crippen LogP contribution in [0, 0.1) is 0 Å². The van der Waals surface area contributed by atoms with E-state index in [0.29, 0.717) is 36.9 Å². The van der Waals surface area contributed by atoms with Crippen LogP contribution >= 0.6 is 0 Å². The maximum atomic E-state index is 12.7. The summed E-state index contributed by atoms with van der Waals surface area (Å²) in [4.78, 5) is 24.4. The molecular formula is C24H26N2O5. The number of carbonyl (C=O) groups is 2. The van der Waals surface area contributed by atoms with Crippen LogP contribution in [-0.4, -0.2) is 38.1 Å². The first-order valence-corrected chi connectivity index (χ1v) is 10.4. The summed E-state index contributed by atoms with van der Waals surface area (Å²) in [6.07, 6.45) is 2.77. The van der Waals surface area contributed by atoms with Gasteiger partial charge in [-0.2, -0.15) is 0 Å². The SMILES string of the molecule is COCc1c(C(=O)NCCc2ccc(OCC(=O)NC3CC3)cc2)oc2ccccc12. The van der Waals surface area contributed by atoms with Crippen LogP contribution in [0.5, 0.6) is 5.75 Å². The molecule has 1 aromatic heterocycles. The van der Waals surface area contributed by atoms with Gasteiger partial charge in [-0.15, -0.1) is 0 Å². The van der Waals surface area contributed by atoms with Crippen molar-refractivity contribution in [2.24, 2.45) is 0 Å². The summed E-state index contributed by atoms with van der Waals surface area (Å²) in [6, 6.07) is 15.4. The molecule has 0 saturated heterocycles. The molecule has 2 amide bonds. The van der Waals surface area contributed by atoms with E-state index >= 15 is 0 Å². The van der Waals surface area contributed by atoms with Gasteiger partial charge in [-0.3, -0.25) is 9.59 Å². The first kappa shape index (κ1) is 20.9. The minimum atomic E-state index is -0.259. The van der Waals surface area contributed by atoms with Crippen molar-refractivity contribution in [3.63, 3.8) is 0 Å². The molecule has 1 fully saturated rings. The Morgan fingerprint density at radius 3 is 2.61 bits per heavy atom. The number of hydrogen-bond acceptors (Lipinski definition) is 5. The van der Waals surface area contributed by atoms with Gasteiger partial charge in [0.25, 0.3) is 11.8 Å². The topological polar surface area (TPSA) is 89.8 Å². The van der Waals surface area contributed by atoms with E-state index in [1.165, 1.54) is 0 Å². The minimum Gasteiger partial charge on any atom is -0.484 e. The lowest BCUT2D eigenvalue weighted by Crippen LogP contribution is -2.30. The van der Waals surface area contributed by atoms with Crippen LogP contribution in [0.3, 0.4) is 0 Å². The van der Waals surface area contributed by atoms with Crippen molar-refractivity contribution in [2.75, 3.05) is 20.3 Å². The van der Waals surface area contributed by atoms with Crippen LogP contribution < -0.4 is 15.4 Å². The Morgan fingerprint density at radius 1 is 1.10 bits per heavy atom. The molecular weight excluding hydrogens is 396 g/mol. The first-order valence-electron chi connectivity index (χ1n) is 10.4. The fraction of sp³-hybridized carbons (Fsp3) is 0.333. The standard InChI is InChI=1S/C24H26N2O5/c1-29-14-20-19-4-2-3-5-21(19)31-23(20)24(28)25-13-12-16-6-10-18(11-7-16)30-15-22(27)26-17-8-9-17/h2-7,10-11,17H,8-9,12-15H2,1H3,(H,25,28)(H,26,27). The average Bonchev–Trinajstić information content (AvgIpc) is 3.52. The molecule has 1 saturated carbocycles. The van der Waals surface area contributed by atoms with Crippen LogP contribution in [0.25, 0.3) is 11.0 Å². The van der Waals surface area contributed by atoms with Crippen molar-refractivity contribution in [1.29, 1.82) is 0 Å². The van der Waals surface area contributed by atoms with Crippen LogP contribution in [-0.2, 0) is 22.6 Å². The second-order valence-corrected chi connectivity index (χ2v) is 7.62. The molecule has 0 aliphatic heterocycles. The van der Waals surface area contributed by atoms with Gasteiger partial charge < -0.3 is 24.5 Å². The predicted molar refractivity (Wildman–Crippen MR) is 116 cm³/mol. The quantitative estimate of drug-likeness (QED) is 0.524. The van der Waals surface area contributed by atoms with Gasteiger partial charge in [-0.05, 0) is 43.0 Å². The molecule has 7 nitrogen and oxygen atoms in total. The summed E-state index contributed by atoms with van der Waals surface area (Å²) in [5.41, 5.74) is 2.47. The zero-order chi connectivity index (χ0) is 21.6. The number of ether oxygens (including phenoxy) is 2. The van der Waals surface area contributed by atoms with Gasteiger partial charge >= 0.3 is 0 Å². The number of benzene rings is 2. The van der Waals surface area contributed by atoms with E-state index in [1.807, 2.05) is 48.5 Å². The van der Waals surface area contributed by atoms with Crippen molar-refractivity contribution < 1.29 is 23.5 Å². The molecule has 0 bridgehead atoms. The monoisotopic (exact) mass is 422 g/mol. The van der Waals surface area contributed by atoms with Crippen LogP contribution in [0.4, 0.5) is 0 Å². The summed E-state index contributed by atoms with van der Waals surface area (Å²) < 4.78 is 16.5. The van der Waals surface area contributed by atoms with Crippen molar-refractivity contribution in [3.8, 4) is 5.75 Å². The fourth-order valence-corrected chi connectivity index (χ4v) is 3.37. The highest BCUT2D eigenvalue weighted by atomic mass is 16.5. The summed E-state index contributed by atoms with van der Waals surface area (Å²) in [5, 5.41) is 6.69. The number of para-hydroxylation sites is 1. The lowest BCUT2D eigenvalue weighted by atomic mass is 10.1. The molecule has 1 aliphatic rings. The molecule has 3 aromatic rings. The third-order valence-electron chi connectivity index (χ3n) is 5.13. The smallest absolute Gasteiger partial charge is 0.287 e. The second kappa shape index (κ2) is 9.66. The maximum Gasteiger partial charge on any atom is 0.287 e. The van der Waals surface area contributed by atoms with Gasteiger partial charge in [0.1, 0.15) is 11.3 Å². The Bertz CT molecular complexity index is 1050. The third-order valence-corrected chi connectivity index (χ3v) is 5.13. The minimum absolute atomic E-state index is 0.0210. The van der Waals surface area contributed by atoms with Crippen molar-refractivity contribution in [2.45, 2.75) is 31.9 Å². The van der Waals surface area contributed by atoms with Gasteiger partial charge in [0, 0.05) is 30.6 Å². The molecule has 0 radical (unpaired) electrons. The summed E-state index contributed by atoms with van der Waals surface area (Å²) in [5.74, 6) is 0.582. The van der Waals surface area contributed by atoms with Gasteiger partial charge in [-0.1, -0.05) is 30.3 Å². The van der Waals surface area contributed by atoms with E-state index in [9.17, 15) is 9.59 Å². The Kier molecular flexibility index (Phi) is 6.52. The van der Waals surface area contributed by atoms with E-state index in [1.54, 1.807) is 7.11 Å². The molecule has 0 spiro atoms. The lowest BCUT2D eigenvalue weighted by molar-refractivity contribution is -0.123. The Labute approximate surface area is 180 Å². The number of rotatable bonds is 10. The van der Waals surface area contributed by atoms with Crippen LogP contribution in [0.1, 0.15) is 34.5 Å². The summed E-state index contributed by atoms with van der Waals surface area (Å²) in [7, 11) is 1.59. The van der Waals surface area contributed by atoms with E-state index in [-0.39, 0.29) is 24.2 Å². The zero-order valence-electron chi connectivity index (χ0n) is 17.5. The molecule has 7 heteroatoms. The number of fused-ring (bicyclic) bond motifs is 1. The zero-order valence-corrected chi connectivity index (χ0v) is 17.5. The maximum absolute atomic E-state index is 12.7. The van der Waals surface area contributed by atoms with E-state index in [2.05, 4.69) is 10.6 Å². The molecule has 0 unspecified atom stereocenters. The molecule has 2 aromatic carbocycles. The summed E-state index contributed by atoms with van der Waals surface area (Å²) >= 11 is 0. The number of carbonyl (C=O) groups excluding carboxylic acids is 2. The Morgan fingerprint density at radius 2 is 1.87 bits per heavy atom. The highest BCUT2D eigenvalue weighted by molar-refractivity contribution is 5.99. The van der Waals surface area contributed by atoms with Crippen LogP contribution in [0.2, 0.25) is 0 Å². The average molecular weight is 422 g/mol. The van der Waals surface area contributed by atoms with Gasteiger partial charge in [0.05, 0.1) is 6.61 Å². The largest absolute Gasteiger partial charge is 0.484 e. The molecule has 0 atom stereocenters. The number of amides is 2. The molecule has 2 N–H and O–H groups in total. The number of methoxy groups -OCH3 is 1. The Balaban J connectivity index is 1.28. The first-order chi connectivity index (χ1) is 15.1. The van der Waals surface area contributed by atoms with Gasteiger partial charge in [0.2, 0.25) is 0 Å². The van der Waals surface area contributed by atoms with Crippen molar-refractivity contribution >= 4 is 22.8 Å². The summed E-state index contributed by atoms with van der Waals surface area (Å²) in [6.45, 7) is 0.791. The molecule has 31 heavy (non-hydrogen) atoms. The normalized spacial score (nSPS) is 13.2. The number of furan rings is 1. The highest BCUT2D eigenvalue weighted by Gasteiger charge is 2.23. The number of hydrogen-bond donors (Lipinski definition) is 2. The predicted octanol–water partition coefficient (Wildman–Crippen LogP) is 3.21. The van der Waals surface area contributed by atoms with Gasteiger partial charge in [0.15, 0.2) is 12.4 Å². The molecule has 1 heterocycles. The number of nitrogens with one attached hydrogen (secondary N) is 2. The van der Waals surface area contributed by atoms with E-state index in [4.69, 9.17) is 13.9 Å². The van der Waals surface area contributed by atoms with Gasteiger partial charge in [-0.25, -0.2) is 0 Å². The second-order valence-electron chi connectivity index (χ2n) is 7.62. The Hall–Kier alpha value is -3.32. The van der Waals surface area contributed by atoms with Crippen LogP contribution in [0.15, 0.2) is 52.9 Å². The lowest BCUT2D eigenvalue weighted by Gasteiger charge is -2.08. The highest BCUT2D eigenvalue weighted by Crippen LogP contribution is 2.26. The van der Waals surface area contributed by atoms with Crippen molar-refractivity contribution in [3.05, 3.63) is 65.4 Å². The molecule has 1 aliphatic carbocycles. The van der Waals surface area contributed by atoms with E-state index in [0.717, 1.165) is 29.4 Å².